The first-order valence-corrected chi connectivity index (χ1v) is 5.80. The van der Waals surface area contributed by atoms with Crippen molar-refractivity contribution in [3.63, 3.8) is 0 Å². The Morgan fingerprint density at radius 1 is 1.20 bits per heavy atom. The average molecular weight is 250 g/mol. The van der Waals surface area contributed by atoms with Crippen molar-refractivity contribution < 1.29 is 9.59 Å². The zero-order valence-electron chi connectivity index (χ0n) is 8.99. The number of rotatable bonds is 6. The van der Waals surface area contributed by atoms with E-state index in [9.17, 15) is 9.59 Å². The van der Waals surface area contributed by atoms with E-state index in [4.69, 9.17) is 11.5 Å². The van der Waals surface area contributed by atoms with Crippen molar-refractivity contribution in [2.24, 2.45) is 16.9 Å². The molecule has 88 valence electrons. The van der Waals surface area contributed by atoms with Crippen molar-refractivity contribution in [2.45, 2.75) is 25.8 Å². The van der Waals surface area contributed by atoms with E-state index in [2.05, 4.69) is 25.3 Å². The largest absolute Gasteiger partial charge is 0.369 e. The zero-order chi connectivity index (χ0) is 12.3. The Balaban J connectivity index is 4.72. The molecule has 0 saturated heterocycles. The van der Waals surface area contributed by atoms with Crippen LogP contribution in [0.5, 0.6) is 0 Å². The van der Waals surface area contributed by atoms with Gasteiger partial charge in [0.2, 0.25) is 5.91 Å². The predicted octanol–water partition coefficient (Wildman–Crippen LogP) is 0.0142. The van der Waals surface area contributed by atoms with Crippen molar-refractivity contribution in [1.82, 2.24) is 0 Å². The number of hydrogen-bond acceptors (Lipinski definition) is 5. The Morgan fingerprint density at radius 2 is 1.67 bits per heavy atom. The van der Waals surface area contributed by atoms with Crippen LogP contribution in [-0.2, 0) is 9.59 Å². The number of amides is 1. The number of nitrogens with two attached hydrogens (primary N) is 2. The van der Waals surface area contributed by atoms with Crippen LogP contribution in [0.2, 0.25) is 0 Å². The molecule has 6 heteroatoms. The molecular weight excluding hydrogens is 232 g/mol. The van der Waals surface area contributed by atoms with Crippen LogP contribution in [0.4, 0.5) is 0 Å². The van der Waals surface area contributed by atoms with Gasteiger partial charge in [-0.3, -0.25) is 9.59 Å². The minimum atomic E-state index is -1.03. The average Bonchev–Trinajstić information content (AvgIpc) is 2.17. The van der Waals surface area contributed by atoms with Gasteiger partial charge in [-0.15, -0.1) is 0 Å². The van der Waals surface area contributed by atoms with Crippen molar-refractivity contribution >= 4 is 36.9 Å². The molecule has 0 aromatic rings. The molecule has 15 heavy (non-hydrogen) atoms. The van der Waals surface area contributed by atoms with Crippen LogP contribution in [0, 0.1) is 5.41 Å². The van der Waals surface area contributed by atoms with Crippen molar-refractivity contribution in [3.8, 4) is 0 Å². The van der Waals surface area contributed by atoms with Gasteiger partial charge in [-0.2, -0.15) is 25.3 Å². The molecule has 4 nitrogen and oxygen atoms in total. The maximum Gasteiger partial charge on any atom is 0.224 e. The van der Waals surface area contributed by atoms with E-state index in [0.29, 0.717) is 0 Å². The lowest BCUT2D eigenvalue weighted by atomic mass is 9.81. The van der Waals surface area contributed by atoms with E-state index in [0.717, 1.165) is 0 Å². The Hall–Kier alpha value is -0.200. The SMILES string of the molecule is C[C@@](CS)(CC(=O)[C@@](C)(N)CS)C(N)=O. The number of carbonyl (C=O) groups excluding carboxylic acids is 2. The van der Waals surface area contributed by atoms with E-state index in [-0.39, 0.29) is 23.7 Å². The molecule has 2 atom stereocenters. The molecule has 4 N–H and O–H groups in total. The van der Waals surface area contributed by atoms with Crippen LogP contribution in [-0.4, -0.2) is 28.7 Å². The smallest absolute Gasteiger partial charge is 0.224 e. The number of primary amides is 1. The third kappa shape index (κ3) is 3.70. The lowest BCUT2D eigenvalue weighted by molar-refractivity contribution is -0.133. The summed E-state index contributed by atoms with van der Waals surface area (Å²) < 4.78 is 0. The highest BCUT2D eigenvalue weighted by atomic mass is 32.1. The first-order valence-electron chi connectivity index (χ1n) is 4.53. The van der Waals surface area contributed by atoms with Crippen molar-refractivity contribution in [3.05, 3.63) is 0 Å². The highest BCUT2D eigenvalue weighted by Gasteiger charge is 2.37. The second-order valence-corrected chi connectivity index (χ2v) is 4.89. The van der Waals surface area contributed by atoms with Crippen LogP contribution in [0.15, 0.2) is 0 Å². The number of ketones is 1. The Morgan fingerprint density at radius 3 is 1.93 bits per heavy atom. The van der Waals surface area contributed by atoms with Gasteiger partial charge in [0.25, 0.3) is 0 Å². The molecule has 0 saturated carbocycles. The minimum absolute atomic E-state index is 0.000602. The molecule has 0 aromatic carbocycles. The molecule has 0 aliphatic heterocycles. The molecule has 0 fully saturated rings. The third-order valence-electron chi connectivity index (χ3n) is 2.46. The van der Waals surface area contributed by atoms with E-state index >= 15 is 0 Å². The van der Waals surface area contributed by atoms with Gasteiger partial charge in [0.05, 0.1) is 11.0 Å². The number of hydrogen-bond donors (Lipinski definition) is 4. The van der Waals surface area contributed by atoms with Crippen LogP contribution in [0.3, 0.4) is 0 Å². The fraction of sp³-hybridized carbons (Fsp3) is 0.778. The topological polar surface area (TPSA) is 86.2 Å². The van der Waals surface area contributed by atoms with Crippen molar-refractivity contribution in [2.75, 3.05) is 11.5 Å². The fourth-order valence-electron chi connectivity index (χ4n) is 0.865. The Bertz CT molecular complexity index is 269. The molecule has 0 aliphatic carbocycles. The minimum Gasteiger partial charge on any atom is -0.369 e. The molecule has 0 heterocycles. The third-order valence-corrected chi connectivity index (χ3v) is 3.81. The first kappa shape index (κ1) is 14.8. The number of thiol groups is 2. The normalized spacial score (nSPS) is 19.0. The number of Topliss-reactive ketones (excluding diaryl/α,β-unsaturated/α-hetero) is 1. The first-order chi connectivity index (χ1) is 6.69. The lowest BCUT2D eigenvalue weighted by Crippen LogP contribution is -2.50. The van der Waals surface area contributed by atoms with Gasteiger partial charge in [0.1, 0.15) is 0 Å². The summed E-state index contributed by atoms with van der Waals surface area (Å²) in [6.07, 6.45) is -0.000602. The standard InChI is InChI=1S/C9H18N2O2S2/c1-8(4-14,7(10)13)3-6(12)9(2,11)5-15/h14-15H,3-5,11H2,1-2H3,(H2,10,13)/t8-,9-/m0/s1. The summed E-state index contributed by atoms with van der Waals surface area (Å²) in [6.45, 7) is 3.19. The highest BCUT2D eigenvalue weighted by Crippen LogP contribution is 2.25. The van der Waals surface area contributed by atoms with Gasteiger partial charge in [-0.25, -0.2) is 0 Å². The molecule has 0 aliphatic rings. The second-order valence-electron chi connectivity index (χ2n) is 4.26. The van der Waals surface area contributed by atoms with Gasteiger partial charge >= 0.3 is 0 Å². The van der Waals surface area contributed by atoms with Crippen LogP contribution >= 0.6 is 25.3 Å². The van der Waals surface area contributed by atoms with Gasteiger partial charge in [-0.05, 0) is 13.8 Å². The second kappa shape index (κ2) is 5.23. The zero-order valence-corrected chi connectivity index (χ0v) is 10.8. The van der Waals surface area contributed by atoms with Crippen LogP contribution < -0.4 is 11.5 Å². The molecule has 1 amide bonds. The van der Waals surface area contributed by atoms with Crippen molar-refractivity contribution in [1.29, 1.82) is 0 Å². The lowest BCUT2D eigenvalue weighted by Gasteiger charge is -2.28. The van der Waals surface area contributed by atoms with Gasteiger partial charge in [-0.1, -0.05) is 0 Å². The Kier molecular flexibility index (Phi) is 5.16. The van der Waals surface area contributed by atoms with E-state index in [1.54, 1.807) is 13.8 Å². The predicted molar refractivity (Wildman–Crippen MR) is 67.2 cm³/mol. The van der Waals surface area contributed by atoms with Gasteiger partial charge < -0.3 is 11.5 Å². The summed E-state index contributed by atoms with van der Waals surface area (Å²) in [5.41, 5.74) is 8.97. The quantitative estimate of drug-likeness (QED) is 0.501. The summed E-state index contributed by atoms with van der Waals surface area (Å²) in [5.74, 6) is -0.321. The van der Waals surface area contributed by atoms with E-state index in [1.165, 1.54) is 0 Å². The highest BCUT2D eigenvalue weighted by molar-refractivity contribution is 7.80. The summed E-state index contributed by atoms with van der Waals surface area (Å²) in [7, 11) is 0. The molecular formula is C9H18N2O2S2. The molecule has 0 unspecified atom stereocenters. The molecule has 0 rings (SSSR count). The summed E-state index contributed by atoms with van der Waals surface area (Å²) in [5, 5.41) is 0. The van der Waals surface area contributed by atoms with Gasteiger partial charge in [0, 0.05) is 17.9 Å². The number of carbonyl (C=O) groups is 2. The summed E-state index contributed by atoms with van der Waals surface area (Å²) in [6, 6.07) is 0. The molecule has 0 radical (unpaired) electrons. The Labute approximate surface area is 101 Å². The van der Waals surface area contributed by atoms with Crippen LogP contribution in [0.25, 0.3) is 0 Å². The maximum atomic E-state index is 11.8. The monoisotopic (exact) mass is 250 g/mol. The molecule has 0 spiro atoms. The summed E-state index contributed by atoms with van der Waals surface area (Å²) in [4.78, 5) is 22.9. The molecule has 0 aromatic heterocycles. The maximum absolute atomic E-state index is 11.8. The van der Waals surface area contributed by atoms with E-state index in [1.807, 2.05) is 0 Å². The van der Waals surface area contributed by atoms with E-state index < -0.39 is 16.9 Å². The van der Waals surface area contributed by atoms with Crippen LogP contribution in [0.1, 0.15) is 20.3 Å². The fourth-order valence-corrected chi connectivity index (χ4v) is 1.31. The van der Waals surface area contributed by atoms with Gasteiger partial charge in [0.15, 0.2) is 5.78 Å². The summed E-state index contributed by atoms with van der Waals surface area (Å²) >= 11 is 8.02. The molecule has 0 bridgehead atoms.